The van der Waals surface area contributed by atoms with E-state index < -0.39 is 18.0 Å². The molecule has 0 spiro atoms. The molecule has 0 atom stereocenters. The van der Waals surface area contributed by atoms with Gasteiger partial charge < -0.3 is 15.3 Å². The fourth-order valence-electron chi connectivity index (χ4n) is 0.426. The minimum atomic E-state index is -1.09. The van der Waals surface area contributed by atoms with E-state index in [0.717, 1.165) is 0 Å². The second-order valence-electron chi connectivity index (χ2n) is 2.06. The van der Waals surface area contributed by atoms with Gasteiger partial charge in [-0.25, -0.2) is 4.79 Å². The number of aliphatic carboxylic acids is 1. The van der Waals surface area contributed by atoms with Gasteiger partial charge in [0, 0.05) is 13.5 Å². The number of carbonyl (C=O) groups is 3. The van der Waals surface area contributed by atoms with Gasteiger partial charge in [0.2, 0.25) is 0 Å². The van der Waals surface area contributed by atoms with Gasteiger partial charge in [-0.15, -0.1) is 0 Å². The molecule has 0 bridgehead atoms. The number of hydrogen-bond acceptors (Lipinski definition) is 4. The van der Waals surface area contributed by atoms with E-state index in [1.165, 1.54) is 7.05 Å². The topological polar surface area (TPSA) is 105 Å². The molecule has 0 aromatic heterocycles. The lowest BCUT2D eigenvalue weighted by Gasteiger charge is -2.02. The first-order chi connectivity index (χ1) is 6.06. The largest absolute Gasteiger partial charge is 0.481 e. The summed E-state index contributed by atoms with van der Waals surface area (Å²) < 4.78 is 0. The van der Waals surface area contributed by atoms with E-state index in [4.69, 9.17) is 5.11 Å². The van der Waals surface area contributed by atoms with Crippen molar-refractivity contribution >= 4 is 18.0 Å². The molecule has 0 radical (unpaired) electrons. The Morgan fingerprint density at radius 3 is 2.38 bits per heavy atom. The molecule has 0 aromatic rings. The number of carboxylic acid groups (broad SMARTS) is 1. The normalized spacial score (nSPS) is 8.69. The van der Waals surface area contributed by atoms with Crippen molar-refractivity contribution in [2.24, 2.45) is 0 Å². The molecule has 0 aliphatic carbocycles. The van der Waals surface area contributed by atoms with Crippen LogP contribution in [0.15, 0.2) is 0 Å². The van der Waals surface area contributed by atoms with E-state index >= 15 is 0 Å². The first-order valence-electron chi connectivity index (χ1n) is 3.45. The lowest BCUT2D eigenvalue weighted by atomic mass is 10.3. The Kier molecular flexibility index (Phi) is 5.01. The Hall–Kier alpha value is -1.79. The van der Waals surface area contributed by atoms with E-state index in [0.29, 0.717) is 0 Å². The van der Waals surface area contributed by atoms with Crippen LogP contribution in [0.5, 0.6) is 0 Å². The van der Waals surface area contributed by atoms with Crippen molar-refractivity contribution in [3.63, 3.8) is 0 Å². The molecule has 0 rings (SSSR count). The summed E-state index contributed by atoms with van der Waals surface area (Å²) in [5, 5.41) is 10.3. The van der Waals surface area contributed by atoms with Gasteiger partial charge in [0.1, 0.15) is 0 Å². The number of hydroxylamine groups is 1. The summed E-state index contributed by atoms with van der Waals surface area (Å²) in [7, 11) is 1.33. The van der Waals surface area contributed by atoms with Crippen molar-refractivity contribution in [3.05, 3.63) is 0 Å². The highest BCUT2D eigenvalue weighted by Crippen LogP contribution is 1.88. The van der Waals surface area contributed by atoms with Crippen molar-refractivity contribution in [1.82, 2.24) is 10.8 Å². The zero-order valence-electron chi connectivity index (χ0n) is 6.99. The molecule has 13 heavy (non-hydrogen) atoms. The minimum Gasteiger partial charge on any atom is -0.481 e. The summed E-state index contributed by atoms with van der Waals surface area (Å²) in [6.07, 6.45) is -1.35. The standard InChI is InChI=1S/C6H10N2O5/c1-7-6(12)13-8-4(9)2-3-5(10)11/h2-3H2,1H3,(H,7,12)(H,8,9)(H,10,11). The molecule has 0 aliphatic heterocycles. The molecule has 0 unspecified atom stereocenters. The molecule has 0 saturated heterocycles. The van der Waals surface area contributed by atoms with Gasteiger partial charge in [-0.3, -0.25) is 9.59 Å². The van der Waals surface area contributed by atoms with Crippen LogP contribution in [0.25, 0.3) is 0 Å². The summed E-state index contributed by atoms with van der Waals surface area (Å²) in [6.45, 7) is 0. The number of hydrogen-bond donors (Lipinski definition) is 3. The Morgan fingerprint density at radius 1 is 1.31 bits per heavy atom. The molecule has 0 aliphatic rings. The van der Waals surface area contributed by atoms with Crippen LogP contribution in [0, 0.1) is 0 Å². The third-order valence-electron chi connectivity index (χ3n) is 1.03. The minimum absolute atomic E-state index is 0.230. The third-order valence-corrected chi connectivity index (χ3v) is 1.03. The zero-order valence-corrected chi connectivity index (χ0v) is 6.99. The quantitative estimate of drug-likeness (QED) is 0.507. The molecule has 74 valence electrons. The zero-order chi connectivity index (χ0) is 10.3. The maximum absolute atomic E-state index is 10.7. The maximum atomic E-state index is 10.7. The molecule has 2 amide bonds. The molecule has 0 aromatic carbocycles. The van der Waals surface area contributed by atoms with Gasteiger partial charge >= 0.3 is 12.1 Å². The first kappa shape index (κ1) is 11.2. The summed E-state index contributed by atoms with van der Waals surface area (Å²) in [6, 6.07) is 0. The lowest BCUT2D eigenvalue weighted by molar-refractivity contribution is -0.140. The van der Waals surface area contributed by atoms with Crippen LogP contribution in [0.3, 0.4) is 0 Å². The second kappa shape index (κ2) is 5.81. The summed E-state index contributed by atoms with van der Waals surface area (Å²) in [5.74, 6) is -1.75. The van der Waals surface area contributed by atoms with Gasteiger partial charge in [0.05, 0.1) is 6.42 Å². The predicted molar refractivity (Wildman–Crippen MR) is 40.6 cm³/mol. The van der Waals surface area contributed by atoms with Crippen molar-refractivity contribution in [2.45, 2.75) is 12.8 Å². The third kappa shape index (κ3) is 6.60. The van der Waals surface area contributed by atoms with Gasteiger partial charge in [0.15, 0.2) is 0 Å². The fraction of sp³-hybridized carbons (Fsp3) is 0.500. The van der Waals surface area contributed by atoms with Crippen LogP contribution in [-0.2, 0) is 14.4 Å². The van der Waals surface area contributed by atoms with Crippen LogP contribution in [-0.4, -0.2) is 30.1 Å². The predicted octanol–water partition coefficient (Wildman–Crippen LogP) is -0.762. The van der Waals surface area contributed by atoms with Gasteiger partial charge in [-0.1, -0.05) is 0 Å². The average Bonchev–Trinajstić information content (AvgIpc) is 2.10. The fourth-order valence-corrected chi connectivity index (χ4v) is 0.426. The number of rotatable bonds is 3. The van der Waals surface area contributed by atoms with Gasteiger partial charge in [0.25, 0.3) is 5.91 Å². The van der Waals surface area contributed by atoms with Crippen molar-refractivity contribution in [2.75, 3.05) is 7.05 Å². The number of carbonyl (C=O) groups excluding carboxylic acids is 2. The van der Waals surface area contributed by atoms with Crippen LogP contribution < -0.4 is 10.8 Å². The van der Waals surface area contributed by atoms with Crippen LogP contribution in [0.1, 0.15) is 12.8 Å². The highest BCUT2D eigenvalue weighted by molar-refractivity contribution is 5.81. The molecular weight excluding hydrogens is 180 g/mol. The van der Waals surface area contributed by atoms with E-state index in [1.807, 2.05) is 0 Å². The highest BCUT2D eigenvalue weighted by Gasteiger charge is 2.06. The molecular formula is C6H10N2O5. The van der Waals surface area contributed by atoms with E-state index in [2.05, 4.69) is 10.2 Å². The maximum Gasteiger partial charge on any atom is 0.431 e. The summed E-state index contributed by atoms with van der Waals surface area (Å²) >= 11 is 0. The average molecular weight is 190 g/mol. The van der Waals surface area contributed by atoms with Crippen LogP contribution in [0.4, 0.5) is 4.79 Å². The van der Waals surface area contributed by atoms with Crippen LogP contribution in [0.2, 0.25) is 0 Å². The Balaban J connectivity index is 3.52. The number of carboxylic acids is 1. The lowest BCUT2D eigenvalue weighted by Crippen LogP contribution is -2.31. The molecule has 0 fully saturated rings. The second-order valence-corrected chi connectivity index (χ2v) is 2.06. The number of amides is 2. The first-order valence-corrected chi connectivity index (χ1v) is 3.45. The molecule has 7 heteroatoms. The van der Waals surface area contributed by atoms with Gasteiger partial charge in [-0.2, -0.15) is 5.48 Å². The molecule has 0 saturated carbocycles. The smallest absolute Gasteiger partial charge is 0.431 e. The van der Waals surface area contributed by atoms with Crippen molar-refractivity contribution in [1.29, 1.82) is 0 Å². The molecule has 7 nitrogen and oxygen atoms in total. The Morgan fingerprint density at radius 2 is 1.92 bits per heavy atom. The monoisotopic (exact) mass is 190 g/mol. The van der Waals surface area contributed by atoms with E-state index in [-0.39, 0.29) is 12.8 Å². The Labute approximate surface area is 74.0 Å². The SMILES string of the molecule is CNC(=O)ONC(=O)CCC(=O)O. The van der Waals surface area contributed by atoms with Crippen molar-refractivity contribution in [3.8, 4) is 0 Å². The van der Waals surface area contributed by atoms with Crippen LogP contribution >= 0.6 is 0 Å². The summed E-state index contributed by atoms with van der Waals surface area (Å²) in [5.41, 5.74) is 1.77. The van der Waals surface area contributed by atoms with E-state index in [9.17, 15) is 14.4 Å². The summed E-state index contributed by atoms with van der Waals surface area (Å²) in [4.78, 5) is 35.2. The molecule has 3 N–H and O–H groups in total. The van der Waals surface area contributed by atoms with Crippen molar-refractivity contribution < 1.29 is 24.3 Å². The van der Waals surface area contributed by atoms with Gasteiger partial charge in [-0.05, 0) is 0 Å². The highest BCUT2D eigenvalue weighted by atomic mass is 16.7. The van der Waals surface area contributed by atoms with E-state index in [1.54, 1.807) is 5.48 Å². The molecule has 0 heterocycles. The Bertz CT molecular complexity index is 215. The number of nitrogens with one attached hydrogen (secondary N) is 2.